The first-order valence-corrected chi connectivity index (χ1v) is 8.00. The zero-order valence-electron chi connectivity index (χ0n) is 12.9. The average Bonchev–Trinajstić information content (AvgIpc) is 3.25. The predicted octanol–water partition coefficient (Wildman–Crippen LogP) is 1.55. The van der Waals surface area contributed by atoms with Gasteiger partial charge in [-0.05, 0) is 30.7 Å². The molecule has 0 unspecified atom stereocenters. The van der Waals surface area contributed by atoms with Gasteiger partial charge in [-0.15, -0.1) is 0 Å². The molecule has 22 heavy (non-hydrogen) atoms. The Morgan fingerprint density at radius 3 is 3.00 bits per heavy atom. The zero-order chi connectivity index (χ0) is 14.9. The number of fused-ring (bicyclic) bond motifs is 1. The van der Waals surface area contributed by atoms with E-state index >= 15 is 0 Å². The van der Waals surface area contributed by atoms with Crippen LogP contribution in [0.25, 0.3) is 0 Å². The molecule has 1 saturated carbocycles. The molecular formula is C16H22N6. The van der Waals surface area contributed by atoms with Crippen molar-refractivity contribution in [1.29, 1.82) is 0 Å². The van der Waals surface area contributed by atoms with Crippen LogP contribution in [0, 0.1) is 11.8 Å². The fourth-order valence-corrected chi connectivity index (χ4v) is 4.20. The molecule has 1 aliphatic heterocycles. The molecule has 6 heteroatoms. The molecule has 116 valence electrons. The van der Waals surface area contributed by atoms with Crippen molar-refractivity contribution in [3.63, 3.8) is 0 Å². The summed E-state index contributed by atoms with van der Waals surface area (Å²) in [5.41, 5.74) is 1.21. The van der Waals surface area contributed by atoms with Gasteiger partial charge in [0.25, 0.3) is 0 Å². The van der Waals surface area contributed by atoms with E-state index in [-0.39, 0.29) is 0 Å². The molecular weight excluding hydrogens is 276 g/mol. The van der Waals surface area contributed by atoms with Gasteiger partial charge in [-0.2, -0.15) is 5.10 Å². The number of rotatable bonds is 4. The van der Waals surface area contributed by atoms with E-state index in [1.54, 1.807) is 12.4 Å². The van der Waals surface area contributed by atoms with Gasteiger partial charge in [0.2, 0.25) is 0 Å². The van der Waals surface area contributed by atoms with Crippen molar-refractivity contribution in [2.75, 3.05) is 25.0 Å². The molecule has 0 bridgehead atoms. The quantitative estimate of drug-likeness (QED) is 0.928. The van der Waals surface area contributed by atoms with Crippen LogP contribution in [0.2, 0.25) is 0 Å². The van der Waals surface area contributed by atoms with E-state index in [4.69, 9.17) is 0 Å². The fraction of sp³-hybridized carbons (Fsp3) is 0.562. The Morgan fingerprint density at radius 1 is 1.27 bits per heavy atom. The third-order valence-electron chi connectivity index (χ3n) is 5.26. The predicted molar refractivity (Wildman–Crippen MR) is 84.3 cm³/mol. The van der Waals surface area contributed by atoms with Crippen molar-refractivity contribution < 1.29 is 0 Å². The van der Waals surface area contributed by atoms with Crippen molar-refractivity contribution in [1.82, 2.24) is 25.1 Å². The van der Waals surface area contributed by atoms with Gasteiger partial charge in [-0.1, -0.05) is 0 Å². The molecule has 2 aromatic heterocycles. The smallest absolute Gasteiger partial charge is 0.147 e. The van der Waals surface area contributed by atoms with E-state index < -0.39 is 0 Å². The largest absolute Gasteiger partial charge is 0.355 e. The first-order valence-electron chi connectivity index (χ1n) is 8.00. The molecule has 6 nitrogen and oxygen atoms in total. The van der Waals surface area contributed by atoms with Gasteiger partial charge in [0.1, 0.15) is 5.82 Å². The Kier molecular flexibility index (Phi) is 3.54. The Bertz CT molecular complexity index is 598. The summed E-state index contributed by atoms with van der Waals surface area (Å²) in [4.78, 5) is 13.5. The van der Waals surface area contributed by atoms with Gasteiger partial charge in [-0.25, -0.2) is 4.98 Å². The molecule has 0 spiro atoms. The molecule has 0 radical (unpaired) electrons. The second kappa shape index (κ2) is 5.68. The van der Waals surface area contributed by atoms with Crippen LogP contribution in [0.5, 0.6) is 0 Å². The Morgan fingerprint density at radius 2 is 2.23 bits per heavy atom. The lowest BCUT2D eigenvalue weighted by Gasteiger charge is -2.30. The Labute approximate surface area is 130 Å². The molecule has 2 aliphatic rings. The number of H-pyrrole nitrogens is 1. The second-order valence-electron chi connectivity index (χ2n) is 6.52. The van der Waals surface area contributed by atoms with E-state index in [2.05, 4.69) is 43.1 Å². The third-order valence-corrected chi connectivity index (χ3v) is 5.26. The lowest BCUT2D eigenvalue weighted by Crippen LogP contribution is -2.38. The summed E-state index contributed by atoms with van der Waals surface area (Å²) in [6.07, 6.45) is 9.79. The molecule has 3 heterocycles. The van der Waals surface area contributed by atoms with Crippen LogP contribution in [0.3, 0.4) is 0 Å². The van der Waals surface area contributed by atoms with E-state index in [0.29, 0.717) is 6.04 Å². The molecule has 2 fully saturated rings. The van der Waals surface area contributed by atoms with Crippen LogP contribution in [-0.2, 0) is 6.54 Å². The van der Waals surface area contributed by atoms with Gasteiger partial charge in [-0.3, -0.25) is 15.0 Å². The first-order chi connectivity index (χ1) is 10.8. The fourth-order valence-electron chi connectivity index (χ4n) is 4.20. The van der Waals surface area contributed by atoms with Crippen LogP contribution < -0.4 is 4.90 Å². The normalized spacial score (nSPS) is 28.0. The zero-order valence-corrected chi connectivity index (χ0v) is 12.9. The second-order valence-corrected chi connectivity index (χ2v) is 6.52. The first kappa shape index (κ1) is 13.7. The summed E-state index contributed by atoms with van der Waals surface area (Å²) >= 11 is 0. The third kappa shape index (κ3) is 2.47. The molecule has 3 atom stereocenters. The van der Waals surface area contributed by atoms with E-state index in [0.717, 1.165) is 24.2 Å². The number of likely N-dealkylation sites (tertiary alicyclic amines) is 1. The molecule has 4 rings (SSSR count). The Hall–Kier alpha value is -1.95. The SMILES string of the molecule is CN(c1cnccn1)[C@@H]1CC[C@@H]2CN(Cc3ccn[nH]3)C[C@@H]21. The van der Waals surface area contributed by atoms with Gasteiger partial charge < -0.3 is 4.90 Å². The molecule has 1 aliphatic carbocycles. The van der Waals surface area contributed by atoms with E-state index in [1.807, 2.05) is 12.4 Å². The highest BCUT2D eigenvalue weighted by Gasteiger charge is 2.44. The maximum atomic E-state index is 4.45. The summed E-state index contributed by atoms with van der Waals surface area (Å²) in [5, 5.41) is 7.11. The molecule has 1 N–H and O–H groups in total. The number of hydrogen-bond acceptors (Lipinski definition) is 5. The standard InChI is InChI=1S/C16H22N6/c1-21(16-8-17-6-7-18-16)15-3-2-12-9-22(11-14(12)15)10-13-4-5-19-20-13/h4-8,12,14-15H,2-3,9-11H2,1H3,(H,19,20)/t12-,14+,15-/m1/s1. The van der Waals surface area contributed by atoms with Crippen molar-refractivity contribution >= 4 is 5.82 Å². The molecule has 0 amide bonds. The van der Waals surface area contributed by atoms with Gasteiger partial charge in [0.15, 0.2) is 0 Å². The summed E-state index contributed by atoms with van der Waals surface area (Å²) in [5.74, 6) is 2.53. The van der Waals surface area contributed by atoms with E-state index in [1.165, 1.54) is 31.6 Å². The number of aromatic nitrogens is 4. The number of nitrogens with one attached hydrogen (secondary N) is 1. The van der Waals surface area contributed by atoms with Crippen LogP contribution >= 0.6 is 0 Å². The van der Waals surface area contributed by atoms with Crippen LogP contribution in [-0.4, -0.2) is 51.2 Å². The monoisotopic (exact) mass is 298 g/mol. The lowest BCUT2D eigenvalue weighted by molar-refractivity contribution is 0.293. The summed E-state index contributed by atoms with van der Waals surface area (Å²) < 4.78 is 0. The van der Waals surface area contributed by atoms with Crippen LogP contribution in [0.15, 0.2) is 30.9 Å². The summed E-state index contributed by atoms with van der Waals surface area (Å²) in [6, 6.07) is 2.64. The number of hydrogen-bond donors (Lipinski definition) is 1. The van der Waals surface area contributed by atoms with Gasteiger partial charge >= 0.3 is 0 Å². The molecule has 0 aromatic carbocycles. The summed E-state index contributed by atoms with van der Waals surface area (Å²) in [6.45, 7) is 3.35. The topological polar surface area (TPSA) is 60.9 Å². The highest BCUT2D eigenvalue weighted by atomic mass is 15.2. The molecule has 2 aromatic rings. The van der Waals surface area contributed by atoms with Crippen molar-refractivity contribution in [3.8, 4) is 0 Å². The minimum atomic E-state index is 0.577. The van der Waals surface area contributed by atoms with Crippen molar-refractivity contribution in [2.45, 2.75) is 25.4 Å². The maximum Gasteiger partial charge on any atom is 0.147 e. The number of aromatic amines is 1. The summed E-state index contributed by atoms with van der Waals surface area (Å²) in [7, 11) is 2.16. The Balaban J connectivity index is 1.44. The van der Waals surface area contributed by atoms with Crippen LogP contribution in [0.4, 0.5) is 5.82 Å². The van der Waals surface area contributed by atoms with Crippen molar-refractivity contribution in [2.24, 2.45) is 11.8 Å². The minimum Gasteiger partial charge on any atom is -0.355 e. The van der Waals surface area contributed by atoms with Gasteiger partial charge in [0.05, 0.1) is 6.20 Å². The lowest BCUT2D eigenvalue weighted by atomic mass is 9.97. The van der Waals surface area contributed by atoms with Gasteiger partial charge in [0, 0.05) is 57.0 Å². The minimum absolute atomic E-state index is 0.577. The molecule has 1 saturated heterocycles. The maximum absolute atomic E-state index is 4.45. The highest BCUT2D eigenvalue weighted by molar-refractivity contribution is 5.36. The average molecular weight is 298 g/mol. The number of anilines is 1. The number of nitrogens with zero attached hydrogens (tertiary/aromatic N) is 5. The van der Waals surface area contributed by atoms with Crippen molar-refractivity contribution in [3.05, 3.63) is 36.5 Å². The van der Waals surface area contributed by atoms with Crippen LogP contribution in [0.1, 0.15) is 18.5 Å². The highest BCUT2D eigenvalue weighted by Crippen LogP contribution is 2.41. The van der Waals surface area contributed by atoms with E-state index in [9.17, 15) is 0 Å².